The molecule has 2 atom stereocenters. The third-order valence-electron chi connectivity index (χ3n) is 5.99. The molecule has 28 heavy (non-hydrogen) atoms. The lowest BCUT2D eigenvalue weighted by atomic mass is 9.82. The van der Waals surface area contributed by atoms with E-state index in [1.165, 1.54) is 6.42 Å². The average Bonchev–Trinajstić information content (AvgIpc) is 2.69. The Morgan fingerprint density at radius 2 is 1.96 bits per heavy atom. The number of hydrogen-bond acceptors (Lipinski definition) is 4. The third kappa shape index (κ3) is 5.55. The van der Waals surface area contributed by atoms with E-state index in [0.717, 1.165) is 42.1 Å². The molecular formula is C21H30BrN3O3. The van der Waals surface area contributed by atoms with Crippen molar-refractivity contribution in [1.82, 2.24) is 16.0 Å². The normalized spacial score (nSPS) is 24.4. The Hall–Kier alpha value is -1.44. The standard InChI is InChI=1S/C21H30BrN3O3/c1-15-5-2-3-8-18(15)24-20(27)25-19(26)14-23-21(9-11-28-12-10-21)16-6-4-7-17(22)13-16/h4,6-7,13,15,18,23H,2-3,5,8-12,14H2,1H3,(H2,24,25,26,27). The lowest BCUT2D eigenvalue weighted by Gasteiger charge is -2.38. The van der Waals surface area contributed by atoms with E-state index >= 15 is 0 Å². The van der Waals surface area contributed by atoms with E-state index in [-0.39, 0.29) is 24.0 Å². The fourth-order valence-electron chi connectivity index (χ4n) is 4.23. The van der Waals surface area contributed by atoms with Crippen molar-refractivity contribution in [2.75, 3.05) is 19.8 Å². The molecule has 1 aliphatic heterocycles. The molecule has 1 saturated carbocycles. The van der Waals surface area contributed by atoms with Gasteiger partial charge in [-0.25, -0.2) is 4.79 Å². The molecule has 7 heteroatoms. The van der Waals surface area contributed by atoms with Crippen LogP contribution in [-0.4, -0.2) is 37.7 Å². The van der Waals surface area contributed by atoms with Gasteiger partial charge >= 0.3 is 6.03 Å². The van der Waals surface area contributed by atoms with Gasteiger partial charge in [-0.1, -0.05) is 47.8 Å². The lowest BCUT2D eigenvalue weighted by molar-refractivity contribution is -0.119. The van der Waals surface area contributed by atoms with Gasteiger partial charge in [-0.3, -0.25) is 15.4 Å². The Morgan fingerprint density at radius 1 is 1.21 bits per heavy atom. The minimum absolute atomic E-state index is 0.0835. The predicted octanol–water partition coefficient (Wildman–Crippen LogP) is 3.45. The van der Waals surface area contributed by atoms with Gasteiger partial charge in [-0.15, -0.1) is 0 Å². The average molecular weight is 452 g/mol. The molecular weight excluding hydrogens is 422 g/mol. The van der Waals surface area contributed by atoms with Crippen molar-refractivity contribution in [3.05, 3.63) is 34.3 Å². The molecule has 0 radical (unpaired) electrons. The molecule has 154 valence electrons. The zero-order valence-corrected chi connectivity index (χ0v) is 18.0. The van der Waals surface area contributed by atoms with Crippen molar-refractivity contribution >= 4 is 27.9 Å². The summed E-state index contributed by atoms with van der Waals surface area (Å²) >= 11 is 3.53. The van der Waals surface area contributed by atoms with Crippen molar-refractivity contribution in [3.8, 4) is 0 Å². The van der Waals surface area contributed by atoms with E-state index in [1.54, 1.807) is 0 Å². The molecule has 1 aromatic carbocycles. The lowest BCUT2D eigenvalue weighted by Crippen LogP contribution is -2.53. The van der Waals surface area contributed by atoms with E-state index < -0.39 is 6.03 Å². The van der Waals surface area contributed by atoms with Gasteiger partial charge in [0.2, 0.25) is 5.91 Å². The fourth-order valence-corrected chi connectivity index (χ4v) is 4.63. The molecule has 1 saturated heterocycles. The van der Waals surface area contributed by atoms with Crippen LogP contribution in [0.15, 0.2) is 28.7 Å². The van der Waals surface area contributed by atoms with E-state index in [9.17, 15) is 9.59 Å². The smallest absolute Gasteiger partial charge is 0.321 e. The van der Waals surface area contributed by atoms with Crippen LogP contribution in [0.2, 0.25) is 0 Å². The Balaban J connectivity index is 1.55. The zero-order chi connectivity index (χ0) is 20.0. The summed E-state index contributed by atoms with van der Waals surface area (Å²) in [7, 11) is 0. The third-order valence-corrected chi connectivity index (χ3v) is 6.49. The molecule has 3 N–H and O–H groups in total. The molecule has 6 nitrogen and oxygen atoms in total. The number of imide groups is 1. The Kier molecular flexibility index (Phi) is 7.48. The second-order valence-corrected chi connectivity index (χ2v) is 8.86. The number of urea groups is 1. The second-order valence-electron chi connectivity index (χ2n) is 7.95. The summed E-state index contributed by atoms with van der Waals surface area (Å²) < 4.78 is 6.53. The van der Waals surface area contributed by atoms with Crippen molar-refractivity contribution in [1.29, 1.82) is 0 Å². The number of carbonyl (C=O) groups is 2. The maximum atomic E-state index is 12.4. The summed E-state index contributed by atoms with van der Waals surface area (Å²) in [5.41, 5.74) is 0.798. The second kappa shape index (κ2) is 9.85. The van der Waals surface area contributed by atoms with Crippen LogP contribution in [0, 0.1) is 5.92 Å². The van der Waals surface area contributed by atoms with Gasteiger partial charge in [0, 0.05) is 29.3 Å². The number of ether oxygens (including phenoxy) is 1. The number of rotatable bonds is 5. The van der Waals surface area contributed by atoms with Crippen LogP contribution in [0.5, 0.6) is 0 Å². The summed E-state index contributed by atoms with van der Waals surface area (Å²) in [5.74, 6) is 0.136. The first-order valence-corrected chi connectivity index (χ1v) is 11.0. The van der Waals surface area contributed by atoms with Crippen LogP contribution >= 0.6 is 15.9 Å². The number of nitrogens with one attached hydrogen (secondary N) is 3. The van der Waals surface area contributed by atoms with Gasteiger partial charge in [0.15, 0.2) is 0 Å². The molecule has 0 aromatic heterocycles. The SMILES string of the molecule is CC1CCCCC1NC(=O)NC(=O)CNC1(c2cccc(Br)c2)CCOCC1. The Morgan fingerprint density at radius 3 is 2.68 bits per heavy atom. The molecule has 1 aromatic rings. The van der Waals surface area contributed by atoms with Crippen molar-refractivity contribution in [2.45, 2.75) is 57.0 Å². The van der Waals surface area contributed by atoms with Crippen LogP contribution in [0.3, 0.4) is 0 Å². The van der Waals surface area contributed by atoms with Gasteiger partial charge in [-0.05, 0) is 49.3 Å². The van der Waals surface area contributed by atoms with Crippen molar-refractivity contribution < 1.29 is 14.3 Å². The van der Waals surface area contributed by atoms with Gasteiger partial charge in [-0.2, -0.15) is 0 Å². The number of halogens is 1. The maximum absolute atomic E-state index is 12.4. The molecule has 0 spiro atoms. The molecule has 2 unspecified atom stereocenters. The quantitative estimate of drug-likeness (QED) is 0.640. The minimum Gasteiger partial charge on any atom is -0.381 e. The van der Waals surface area contributed by atoms with Crippen molar-refractivity contribution in [3.63, 3.8) is 0 Å². The van der Waals surface area contributed by atoms with Gasteiger partial charge < -0.3 is 10.1 Å². The Labute approximate surface area is 175 Å². The summed E-state index contributed by atoms with van der Waals surface area (Å²) in [6, 6.07) is 7.88. The van der Waals surface area contributed by atoms with Crippen LogP contribution < -0.4 is 16.0 Å². The number of benzene rings is 1. The Bertz CT molecular complexity index is 691. The highest BCUT2D eigenvalue weighted by atomic mass is 79.9. The number of hydrogen-bond donors (Lipinski definition) is 3. The first-order chi connectivity index (χ1) is 13.5. The first-order valence-electron chi connectivity index (χ1n) is 10.2. The molecule has 3 rings (SSSR count). The van der Waals surface area contributed by atoms with Crippen molar-refractivity contribution in [2.24, 2.45) is 5.92 Å². The zero-order valence-electron chi connectivity index (χ0n) is 16.4. The minimum atomic E-state index is -0.394. The monoisotopic (exact) mass is 451 g/mol. The number of carbonyl (C=O) groups excluding carboxylic acids is 2. The molecule has 2 aliphatic rings. The van der Waals surface area contributed by atoms with E-state index in [1.807, 2.05) is 12.1 Å². The van der Waals surface area contributed by atoms with Gasteiger partial charge in [0.05, 0.1) is 6.54 Å². The van der Waals surface area contributed by atoms with E-state index in [4.69, 9.17) is 4.74 Å². The van der Waals surface area contributed by atoms with E-state index in [0.29, 0.717) is 19.1 Å². The molecule has 1 aliphatic carbocycles. The summed E-state index contributed by atoms with van der Waals surface area (Å²) in [5, 5.41) is 8.84. The first kappa shape index (κ1) is 21.3. The maximum Gasteiger partial charge on any atom is 0.321 e. The summed E-state index contributed by atoms with van der Waals surface area (Å²) in [6.45, 7) is 3.52. The predicted molar refractivity (Wildman–Crippen MR) is 112 cm³/mol. The van der Waals surface area contributed by atoms with Crippen LogP contribution in [0.4, 0.5) is 4.79 Å². The summed E-state index contributed by atoms with van der Waals surface area (Å²) in [4.78, 5) is 24.6. The van der Waals surface area contributed by atoms with Crippen LogP contribution in [0.1, 0.15) is 51.0 Å². The highest BCUT2D eigenvalue weighted by molar-refractivity contribution is 9.10. The fraction of sp³-hybridized carbons (Fsp3) is 0.619. The van der Waals surface area contributed by atoms with Crippen LogP contribution in [-0.2, 0) is 15.1 Å². The van der Waals surface area contributed by atoms with Crippen LogP contribution in [0.25, 0.3) is 0 Å². The number of amides is 3. The molecule has 2 fully saturated rings. The van der Waals surface area contributed by atoms with Gasteiger partial charge in [0.25, 0.3) is 0 Å². The summed E-state index contributed by atoms with van der Waals surface area (Å²) in [6.07, 6.45) is 6.00. The van der Waals surface area contributed by atoms with E-state index in [2.05, 4.69) is 50.9 Å². The highest BCUT2D eigenvalue weighted by Gasteiger charge is 2.34. The highest BCUT2D eigenvalue weighted by Crippen LogP contribution is 2.33. The molecule has 1 heterocycles. The molecule has 3 amide bonds. The van der Waals surface area contributed by atoms with Gasteiger partial charge in [0.1, 0.15) is 0 Å². The topological polar surface area (TPSA) is 79.5 Å². The largest absolute Gasteiger partial charge is 0.381 e. The molecule has 0 bridgehead atoms.